The van der Waals surface area contributed by atoms with Crippen molar-refractivity contribution in [2.45, 2.75) is 25.9 Å². The summed E-state index contributed by atoms with van der Waals surface area (Å²) in [5.41, 5.74) is -0.938. The van der Waals surface area contributed by atoms with Crippen molar-refractivity contribution in [2.24, 2.45) is 5.92 Å². The van der Waals surface area contributed by atoms with Gasteiger partial charge in [0.2, 0.25) is 0 Å². The van der Waals surface area contributed by atoms with E-state index in [0.29, 0.717) is 12.4 Å². The third-order valence-electron chi connectivity index (χ3n) is 4.11. The van der Waals surface area contributed by atoms with E-state index in [2.05, 4.69) is 19.9 Å². The van der Waals surface area contributed by atoms with E-state index in [1.165, 1.54) is 6.07 Å². The number of anilines is 1. The number of ether oxygens (including phenoxy) is 1. The van der Waals surface area contributed by atoms with Crippen LogP contribution in [-0.4, -0.2) is 34.6 Å². The molecule has 2 aromatic heterocycles. The van der Waals surface area contributed by atoms with E-state index < -0.39 is 11.9 Å². The maximum absolute atomic E-state index is 12.7. The fourth-order valence-electron chi connectivity index (χ4n) is 2.90. The summed E-state index contributed by atoms with van der Waals surface area (Å²) >= 11 is 0. The van der Waals surface area contributed by atoms with Gasteiger partial charge in [-0.1, -0.05) is 0 Å². The number of aromatic nitrogens is 3. The van der Waals surface area contributed by atoms with Crippen LogP contribution in [0.15, 0.2) is 30.6 Å². The molecule has 1 unspecified atom stereocenters. The smallest absolute Gasteiger partial charge is 0.433 e. The fourth-order valence-corrected chi connectivity index (χ4v) is 2.90. The average molecular weight is 352 g/mol. The summed E-state index contributed by atoms with van der Waals surface area (Å²) in [5, 5.41) is 0. The molecule has 134 valence electrons. The Morgan fingerprint density at radius 1 is 1.24 bits per heavy atom. The monoisotopic (exact) mass is 352 g/mol. The number of alkyl halides is 3. The molecule has 0 aliphatic carbocycles. The lowest BCUT2D eigenvalue weighted by Gasteiger charge is -2.33. The third-order valence-corrected chi connectivity index (χ3v) is 4.11. The zero-order valence-corrected chi connectivity index (χ0v) is 13.8. The van der Waals surface area contributed by atoms with E-state index >= 15 is 0 Å². The molecule has 1 atom stereocenters. The lowest BCUT2D eigenvalue weighted by Crippen LogP contribution is -2.38. The van der Waals surface area contributed by atoms with E-state index in [9.17, 15) is 13.2 Å². The van der Waals surface area contributed by atoms with Crippen molar-refractivity contribution >= 4 is 5.82 Å². The first kappa shape index (κ1) is 17.4. The van der Waals surface area contributed by atoms with Crippen LogP contribution in [0.25, 0.3) is 0 Å². The molecule has 2 aromatic rings. The van der Waals surface area contributed by atoms with Gasteiger partial charge in [0.1, 0.15) is 23.1 Å². The maximum atomic E-state index is 12.7. The zero-order valence-electron chi connectivity index (χ0n) is 13.8. The van der Waals surface area contributed by atoms with Crippen molar-refractivity contribution in [3.8, 4) is 5.75 Å². The highest BCUT2D eigenvalue weighted by Gasteiger charge is 2.32. The van der Waals surface area contributed by atoms with Crippen molar-refractivity contribution < 1.29 is 17.9 Å². The van der Waals surface area contributed by atoms with E-state index in [1.807, 2.05) is 13.0 Å². The Balaban J connectivity index is 1.60. The lowest BCUT2D eigenvalue weighted by molar-refractivity contribution is -0.141. The molecule has 0 amide bonds. The van der Waals surface area contributed by atoms with Crippen LogP contribution in [0.1, 0.15) is 24.4 Å². The van der Waals surface area contributed by atoms with Gasteiger partial charge in [0, 0.05) is 37.5 Å². The molecule has 25 heavy (non-hydrogen) atoms. The second kappa shape index (κ2) is 7.25. The van der Waals surface area contributed by atoms with Crippen LogP contribution in [-0.2, 0) is 6.18 Å². The van der Waals surface area contributed by atoms with Gasteiger partial charge in [-0.25, -0.2) is 9.97 Å². The predicted octanol–water partition coefficient (Wildman–Crippen LogP) is 3.49. The third kappa shape index (κ3) is 4.58. The van der Waals surface area contributed by atoms with Crippen LogP contribution in [0.5, 0.6) is 5.75 Å². The van der Waals surface area contributed by atoms with E-state index in [0.717, 1.165) is 44.0 Å². The molecule has 0 aromatic carbocycles. The molecular formula is C17H19F3N4O. The van der Waals surface area contributed by atoms with Gasteiger partial charge in [0.05, 0.1) is 6.61 Å². The largest absolute Gasteiger partial charge is 0.493 e. The first-order chi connectivity index (χ1) is 11.9. The van der Waals surface area contributed by atoms with Crippen LogP contribution < -0.4 is 9.64 Å². The highest BCUT2D eigenvalue weighted by molar-refractivity contribution is 5.38. The zero-order chi connectivity index (χ0) is 17.9. The van der Waals surface area contributed by atoms with Crippen molar-refractivity contribution in [1.82, 2.24) is 15.0 Å². The number of hydrogen-bond acceptors (Lipinski definition) is 5. The Kier molecular flexibility index (Phi) is 5.06. The molecule has 0 saturated carbocycles. The SMILES string of the molecule is Cc1nccc(N2CCCC(COc3ccnc(C(F)(F)F)c3)C2)n1. The second-order valence-electron chi connectivity index (χ2n) is 6.10. The first-order valence-electron chi connectivity index (χ1n) is 8.12. The predicted molar refractivity (Wildman–Crippen MR) is 86.4 cm³/mol. The fraction of sp³-hybridized carbons (Fsp3) is 0.471. The minimum absolute atomic E-state index is 0.192. The van der Waals surface area contributed by atoms with Gasteiger partial charge >= 0.3 is 6.18 Å². The summed E-state index contributed by atoms with van der Waals surface area (Å²) in [6.07, 6.45) is 0.341. The number of aryl methyl sites for hydroxylation is 1. The van der Waals surface area contributed by atoms with Crippen LogP contribution in [0, 0.1) is 12.8 Å². The summed E-state index contributed by atoms with van der Waals surface area (Å²) in [6, 6.07) is 4.26. The highest BCUT2D eigenvalue weighted by atomic mass is 19.4. The molecule has 0 bridgehead atoms. The van der Waals surface area contributed by atoms with Crippen LogP contribution in [0.4, 0.5) is 19.0 Å². The van der Waals surface area contributed by atoms with Gasteiger partial charge < -0.3 is 9.64 Å². The molecule has 0 spiro atoms. The van der Waals surface area contributed by atoms with Gasteiger partial charge in [-0.05, 0) is 31.9 Å². The Morgan fingerprint density at radius 2 is 2.04 bits per heavy atom. The van der Waals surface area contributed by atoms with Crippen molar-refractivity contribution in [3.63, 3.8) is 0 Å². The quantitative estimate of drug-likeness (QED) is 0.843. The van der Waals surface area contributed by atoms with Crippen LogP contribution in [0.3, 0.4) is 0 Å². The number of pyridine rings is 1. The molecular weight excluding hydrogens is 333 g/mol. The Hall–Kier alpha value is -2.38. The lowest BCUT2D eigenvalue weighted by atomic mass is 9.99. The van der Waals surface area contributed by atoms with Gasteiger partial charge in [-0.2, -0.15) is 13.2 Å². The van der Waals surface area contributed by atoms with E-state index in [1.54, 1.807) is 6.20 Å². The second-order valence-corrected chi connectivity index (χ2v) is 6.10. The van der Waals surface area contributed by atoms with Gasteiger partial charge in [0.15, 0.2) is 0 Å². The number of nitrogens with zero attached hydrogens (tertiary/aromatic N) is 4. The molecule has 8 heteroatoms. The molecule has 5 nitrogen and oxygen atoms in total. The molecule has 0 radical (unpaired) electrons. The van der Waals surface area contributed by atoms with Crippen LogP contribution in [0.2, 0.25) is 0 Å². The van der Waals surface area contributed by atoms with Crippen LogP contribution >= 0.6 is 0 Å². The van der Waals surface area contributed by atoms with Gasteiger partial charge in [-0.3, -0.25) is 4.98 Å². The number of rotatable bonds is 4. The summed E-state index contributed by atoms with van der Waals surface area (Å²) < 4.78 is 43.7. The number of piperidine rings is 1. The summed E-state index contributed by atoms with van der Waals surface area (Å²) in [7, 11) is 0. The molecule has 1 aliphatic rings. The normalized spacial score (nSPS) is 18.2. The minimum atomic E-state index is -4.47. The average Bonchev–Trinajstić information content (AvgIpc) is 2.60. The minimum Gasteiger partial charge on any atom is -0.493 e. The van der Waals surface area contributed by atoms with E-state index in [4.69, 9.17) is 4.74 Å². The summed E-state index contributed by atoms with van der Waals surface area (Å²) in [5.74, 6) is 2.01. The Morgan fingerprint density at radius 3 is 2.80 bits per heavy atom. The van der Waals surface area contributed by atoms with Gasteiger partial charge in [-0.15, -0.1) is 0 Å². The Bertz CT molecular complexity index is 723. The Labute approximate surface area is 143 Å². The maximum Gasteiger partial charge on any atom is 0.433 e. The molecule has 1 aliphatic heterocycles. The molecule has 3 rings (SSSR count). The first-order valence-corrected chi connectivity index (χ1v) is 8.12. The van der Waals surface area contributed by atoms with Gasteiger partial charge in [0.25, 0.3) is 0 Å². The number of hydrogen-bond donors (Lipinski definition) is 0. The standard InChI is InChI=1S/C17H19F3N4O/c1-12-21-7-5-16(23-12)24-8-2-3-13(10-24)11-25-14-4-6-22-15(9-14)17(18,19)20/h4-7,9,13H,2-3,8,10-11H2,1H3. The summed E-state index contributed by atoms with van der Waals surface area (Å²) in [6.45, 7) is 3.87. The van der Waals surface area contributed by atoms with E-state index in [-0.39, 0.29) is 11.7 Å². The molecule has 1 saturated heterocycles. The summed E-state index contributed by atoms with van der Waals surface area (Å²) in [4.78, 5) is 14.0. The topological polar surface area (TPSA) is 51.1 Å². The molecule has 3 heterocycles. The molecule has 1 fully saturated rings. The van der Waals surface area contributed by atoms with Crippen molar-refractivity contribution in [3.05, 3.63) is 42.1 Å². The number of halogens is 3. The van der Waals surface area contributed by atoms with Crippen molar-refractivity contribution in [2.75, 3.05) is 24.6 Å². The highest BCUT2D eigenvalue weighted by Crippen LogP contribution is 2.30. The molecule has 0 N–H and O–H groups in total. The van der Waals surface area contributed by atoms with Crippen molar-refractivity contribution in [1.29, 1.82) is 0 Å².